The van der Waals surface area contributed by atoms with Crippen molar-refractivity contribution >= 4 is 33.9 Å². The van der Waals surface area contributed by atoms with Crippen LogP contribution >= 0.6 is 11.3 Å². The number of thiazole rings is 1. The average molecular weight is 243 g/mol. The van der Waals surface area contributed by atoms with Gasteiger partial charge in [0.1, 0.15) is 7.11 Å². The molecule has 0 unspecified atom stereocenters. The number of nitrogens with zero attached hydrogens (tertiary/aromatic N) is 2. The van der Waals surface area contributed by atoms with Crippen molar-refractivity contribution in [2.45, 2.75) is 6.92 Å². The first-order valence-corrected chi connectivity index (χ1v) is 4.97. The van der Waals surface area contributed by atoms with E-state index in [0.717, 1.165) is 11.3 Å². The van der Waals surface area contributed by atoms with Gasteiger partial charge < -0.3 is 15.3 Å². The van der Waals surface area contributed by atoms with Gasteiger partial charge >= 0.3 is 5.97 Å². The van der Waals surface area contributed by atoms with Gasteiger partial charge in [-0.25, -0.2) is 4.79 Å². The molecule has 16 heavy (non-hydrogen) atoms. The highest BCUT2D eigenvalue weighted by molar-refractivity contribution is 7.13. The minimum Gasteiger partial charge on any atom is -0.402 e. The zero-order chi connectivity index (χ0) is 12.1. The Morgan fingerprint density at radius 1 is 1.56 bits per heavy atom. The summed E-state index contributed by atoms with van der Waals surface area (Å²) in [6, 6.07) is 0. The number of esters is 1. The molecule has 0 spiro atoms. The fraction of sp³-hybridized carbons (Fsp3) is 0.250. The molecule has 7 nitrogen and oxygen atoms in total. The van der Waals surface area contributed by atoms with E-state index in [4.69, 9.17) is 10.5 Å². The smallest absolute Gasteiger partial charge is 0.370 e. The molecule has 0 amide bonds. The quantitative estimate of drug-likeness (QED) is 0.351. The van der Waals surface area contributed by atoms with E-state index in [1.165, 1.54) is 19.4 Å². The van der Waals surface area contributed by atoms with E-state index in [1.807, 2.05) is 0 Å². The molecule has 0 saturated carbocycles. The van der Waals surface area contributed by atoms with Gasteiger partial charge in [0, 0.05) is 6.92 Å². The fourth-order valence-corrected chi connectivity index (χ4v) is 1.26. The molecule has 0 fully saturated rings. The molecule has 1 rings (SSSR count). The molecule has 0 bridgehead atoms. The average Bonchev–Trinajstić information content (AvgIpc) is 2.59. The normalized spacial score (nSPS) is 11.0. The van der Waals surface area contributed by atoms with E-state index >= 15 is 0 Å². The van der Waals surface area contributed by atoms with Gasteiger partial charge in [-0.05, 0) is 0 Å². The molecule has 0 atom stereocenters. The van der Waals surface area contributed by atoms with Crippen molar-refractivity contribution in [3.63, 3.8) is 0 Å². The van der Waals surface area contributed by atoms with Gasteiger partial charge in [0.25, 0.3) is 0 Å². The molecule has 0 aliphatic carbocycles. The second kappa shape index (κ2) is 5.21. The summed E-state index contributed by atoms with van der Waals surface area (Å²) in [5.74, 6) is -1.47. The Morgan fingerprint density at radius 2 is 2.25 bits per heavy atom. The predicted octanol–water partition coefficient (Wildman–Crippen LogP) is 0.222. The summed E-state index contributed by atoms with van der Waals surface area (Å²) in [5.41, 5.74) is 4.91. The van der Waals surface area contributed by atoms with Gasteiger partial charge in [-0.15, -0.1) is 11.3 Å². The van der Waals surface area contributed by atoms with Crippen LogP contribution in [0.2, 0.25) is 0 Å². The Morgan fingerprint density at radius 3 is 2.69 bits per heavy atom. The summed E-state index contributed by atoms with van der Waals surface area (Å²) < 4.78 is 4.76. The number of oxime groups is 1. The third-order valence-corrected chi connectivity index (χ3v) is 2.06. The minimum absolute atomic E-state index is 0.0255. The molecule has 0 aromatic carbocycles. The molecule has 1 aromatic rings. The number of ether oxygens (including phenoxy) is 1. The maximum absolute atomic E-state index is 11.4. The monoisotopic (exact) mass is 243 g/mol. The van der Waals surface area contributed by atoms with Crippen LogP contribution in [0.5, 0.6) is 5.88 Å². The Hall–Kier alpha value is -1.96. The molecular weight excluding hydrogens is 234 g/mol. The van der Waals surface area contributed by atoms with Crippen LogP contribution in [0.4, 0.5) is 5.13 Å². The van der Waals surface area contributed by atoms with Crippen LogP contribution in [0.3, 0.4) is 0 Å². The van der Waals surface area contributed by atoms with Gasteiger partial charge in [-0.2, -0.15) is 4.98 Å². The van der Waals surface area contributed by atoms with Crippen LogP contribution in [0, 0.1) is 0 Å². The van der Waals surface area contributed by atoms with Crippen molar-refractivity contribution in [3.05, 3.63) is 5.38 Å². The summed E-state index contributed by atoms with van der Waals surface area (Å²) >= 11 is 1.11. The zero-order valence-electron chi connectivity index (χ0n) is 8.59. The summed E-state index contributed by atoms with van der Waals surface area (Å²) in [5, 5.41) is 4.97. The lowest BCUT2D eigenvalue weighted by molar-refractivity contribution is -0.128. The number of anilines is 1. The second-order valence-electron chi connectivity index (χ2n) is 2.59. The van der Waals surface area contributed by atoms with Gasteiger partial charge in [-0.1, -0.05) is 5.16 Å². The van der Waals surface area contributed by atoms with Crippen LogP contribution in [0.25, 0.3) is 0 Å². The molecule has 0 aliphatic heterocycles. The third-order valence-electron chi connectivity index (χ3n) is 1.41. The molecule has 2 N–H and O–H groups in total. The van der Waals surface area contributed by atoms with Crippen molar-refractivity contribution in [3.8, 4) is 5.88 Å². The number of nitrogens with two attached hydrogens (primary N) is 1. The van der Waals surface area contributed by atoms with Gasteiger partial charge in [-0.3, -0.25) is 4.79 Å². The SMILES string of the molecule is CO/N=C(/C(C)=O)C(=O)Oc1csc(N)n1. The van der Waals surface area contributed by atoms with Crippen LogP contribution in [-0.4, -0.2) is 29.6 Å². The van der Waals surface area contributed by atoms with Crippen molar-refractivity contribution in [1.82, 2.24) is 4.98 Å². The topological polar surface area (TPSA) is 104 Å². The first kappa shape index (κ1) is 12.1. The standard InChI is InChI=1S/C8H9N3O4S/c1-4(12)6(11-14-2)7(13)15-5-3-16-8(9)10-5/h3H,1-2H3,(H2,9,10)/b11-6-. The first-order valence-electron chi connectivity index (χ1n) is 4.10. The first-order chi connectivity index (χ1) is 7.54. The van der Waals surface area contributed by atoms with Crippen molar-refractivity contribution < 1.29 is 19.2 Å². The number of nitrogen functional groups attached to an aromatic ring is 1. The van der Waals surface area contributed by atoms with Crippen LogP contribution in [0.1, 0.15) is 6.92 Å². The Labute approximate surface area is 94.9 Å². The number of rotatable bonds is 4. The summed E-state index contributed by atoms with van der Waals surface area (Å²) in [6.45, 7) is 1.18. The second-order valence-corrected chi connectivity index (χ2v) is 3.48. The largest absolute Gasteiger partial charge is 0.402 e. The van der Waals surface area contributed by atoms with Gasteiger partial charge in [0.15, 0.2) is 10.9 Å². The lowest BCUT2D eigenvalue weighted by atomic mass is 10.3. The molecule has 0 radical (unpaired) electrons. The summed E-state index contributed by atoms with van der Waals surface area (Å²) in [4.78, 5) is 30.5. The van der Waals surface area contributed by atoms with E-state index < -0.39 is 17.5 Å². The zero-order valence-corrected chi connectivity index (χ0v) is 9.41. The van der Waals surface area contributed by atoms with Crippen LogP contribution in [0.15, 0.2) is 10.5 Å². The van der Waals surface area contributed by atoms with Crippen molar-refractivity contribution in [1.29, 1.82) is 0 Å². The Kier molecular flexibility index (Phi) is 3.95. The molecule has 0 aliphatic rings. The highest BCUT2D eigenvalue weighted by Crippen LogP contribution is 2.17. The number of ketones is 1. The Balaban J connectivity index is 2.78. The van der Waals surface area contributed by atoms with E-state index in [9.17, 15) is 9.59 Å². The van der Waals surface area contributed by atoms with Gasteiger partial charge in [0.05, 0.1) is 5.38 Å². The van der Waals surface area contributed by atoms with Crippen LogP contribution < -0.4 is 10.5 Å². The van der Waals surface area contributed by atoms with E-state index in [2.05, 4.69) is 15.0 Å². The Bertz CT molecular complexity index is 440. The van der Waals surface area contributed by atoms with Crippen molar-refractivity contribution in [2.75, 3.05) is 12.8 Å². The molecule has 8 heteroatoms. The molecule has 1 aromatic heterocycles. The van der Waals surface area contributed by atoms with E-state index in [-0.39, 0.29) is 11.0 Å². The maximum atomic E-state index is 11.4. The molecule has 86 valence electrons. The number of hydrogen-bond acceptors (Lipinski definition) is 8. The fourth-order valence-electron chi connectivity index (χ4n) is 0.799. The number of carbonyl (C=O) groups excluding carboxylic acids is 2. The lowest BCUT2D eigenvalue weighted by Gasteiger charge is -2.00. The number of carbonyl (C=O) groups is 2. The van der Waals surface area contributed by atoms with E-state index in [1.54, 1.807) is 0 Å². The van der Waals surface area contributed by atoms with Gasteiger partial charge in [0.2, 0.25) is 11.6 Å². The lowest BCUT2D eigenvalue weighted by Crippen LogP contribution is -2.27. The number of aromatic nitrogens is 1. The molecule has 0 saturated heterocycles. The summed E-state index contributed by atoms with van der Waals surface area (Å²) in [7, 11) is 1.22. The number of Topliss-reactive ketones (excluding diaryl/α,β-unsaturated/α-hetero) is 1. The van der Waals surface area contributed by atoms with E-state index in [0.29, 0.717) is 0 Å². The highest BCUT2D eigenvalue weighted by atomic mass is 32.1. The molecule has 1 heterocycles. The third kappa shape index (κ3) is 3.02. The highest BCUT2D eigenvalue weighted by Gasteiger charge is 2.21. The maximum Gasteiger partial charge on any atom is 0.370 e. The summed E-state index contributed by atoms with van der Waals surface area (Å²) in [6.07, 6.45) is 0. The predicted molar refractivity (Wildman–Crippen MR) is 57.3 cm³/mol. The van der Waals surface area contributed by atoms with Crippen LogP contribution in [-0.2, 0) is 14.4 Å². The minimum atomic E-state index is -0.931. The number of hydrogen-bond donors (Lipinski definition) is 1. The van der Waals surface area contributed by atoms with Crippen molar-refractivity contribution in [2.24, 2.45) is 5.16 Å². The molecular formula is C8H9N3O4S.